The minimum atomic E-state index is -4.39. The summed E-state index contributed by atoms with van der Waals surface area (Å²) in [5, 5.41) is 0. The molecule has 1 rings (SSSR count). The lowest BCUT2D eigenvalue weighted by Gasteiger charge is -2.22. The molecule has 0 bridgehead atoms. The Hall–Kier alpha value is -1.23. The Balaban J connectivity index is 2.89. The van der Waals surface area contributed by atoms with Crippen molar-refractivity contribution in [2.75, 3.05) is 6.54 Å². The van der Waals surface area contributed by atoms with E-state index in [4.69, 9.17) is 10.5 Å². The fourth-order valence-electron chi connectivity index (χ4n) is 1.43. The van der Waals surface area contributed by atoms with Gasteiger partial charge in [-0.3, -0.25) is 0 Å². The van der Waals surface area contributed by atoms with Gasteiger partial charge >= 0.3 is 6.18 Å². The van der Waals surface area contributed by atoms with E-state index in [9.17, 15) is 13.2 Å². The highest BCUT2D eigenvalue weighted by molar-refractivity contribution is 5.36. The molecular formula is C12H16F3NO. The van der Waals surface area contributed by atoms with Crippen molar-refractivity contribution < 1.29 is 17.9 Å². The quantitative estimate of drug-likeness (QED) is 0.887. The summed E-state index contributed by atoms with van der Waals surface area (Å²) < 4.78 is 43.0. The van der Waals surface area contributed by atoms with Crippen LogP contribution in [-0.2, 0) is 0 Å². The lowest BCUT2D eigenvalue weighted by atomic mass is 10.1. The van der Waals surface area contributed by atoms with Crippen LogP contribution in [-0.4, -0.2) is 18.8 Å². The number of hydrogen-bond donors (Lipinski definition) is 1. The molecule has 2 N–H and O–H groups in total. The monoisotopic (exact) mass is 247 g/mol. The number of aryl methyl sites for hydroxylation is 2. The van der Waals surface area contributed by atoms with E-state index < -0.39 is 12.3 Å². The van der Waals surface area contributed by atoms with Gasteiger partial charge in [-0.05, 0) is 37.6 Å². The summed E-state index contributed by atoms with van der Waals surface area (Å²) in [6, 6.07) is 5.17. The molecule has 0 spiro atoms. The average molecular weight is 247 g/mol. The Morgan fingerprint density at radius 2 is 1.94 bits per heavy atom. The molecule has 1 aromatic carbocycles. The molecule has 0 fully saturated rings. The molecular weight excluding hydrogens is 231 g/mol. The molecule has 0 radical (unpaired) electrons. The van der Waals surface area contributed by atoms with Crippen molar-refractivity contribution in [2.45, 2.75) is 32.5 Å². The van der Waals surface area contributed by atoms with Gasteiger partial charge in [0.25, 0.3) is 0 Å². The van der Waals surface area contributed by atoms with E-state index in [0.29, 0.717) is 5.56 Å². The van der Waals surface area contributed by atoms with E-state index >= 15 is 0 Å². The first kappa shape index (κ1) is 13.8. The Kier molecular flexibility index (Phi) is 4.40. The molecule has 0 saturated heterocycles. The number of hydrogen-bond acceptors (Lipinski definition) is 2. The largest absolute Gasteiger partial charge is 0.481 e. The van der Waals surface area contributed by atoms with Crippen molar-refractivity contribution >= 4 is 0 Å². The molecule has 0 heterocycles. The first-order chi connectivity index (χ1) is 7.84. The van der Waals surface area contributed by atoms with E-state index in [-0.39, 0.29) is 18.7 Å². The van der Waals surface area contributed by atoms with Crippen molar-refractivity contribution in [3.8, 4) is 5.75 Å². The maximum atomic E-state index is 12.6. The SMILES string of the molecule is Cc1ccc(C)c(OC(CCN)C(F)(F)F)c1. The van der Waals surface area contributed by atoms with Crippen LogP contribution in [0.5, 0.6) is 5.75 Å². The Bertz CT molecular complexity index is 377. The second-order valence-corrected chi connectivity index (χ2v) is 3.99. The van der Waals surface area contributed by atoms with Crippen LogP contribution in [0.25, 0.3) is 0 Å². The summed E-state index contributed by atoms with van der Waals surface area (Å²) >= 11 is 0. The zero-order chi connectivity index (χ0) is 13.1. The molecule has 1 unspecified atom stereocenters. The minimum absolute atomic E-state index is 0.0605. The Morgan fingerprint density at radius 3 is 2.47 bits per heavy atom. The van der Waals surface area contributed by atoms with Crippen molar-refractivity contribution in [3.05, 3.63) is 29.3 Å². The maximum absolute atomic E-state index is 12.6. The normalized spacial score (nSPS) is 13.5. The summed E-state index contributed by atoms with van der Waals surface area (Å²) in [7, 11) is 0. The summed E-state index contributed by atoms with van der Waals surface area (Å²) in [6.07, 6.45) is -6.47. The topological polar surface area (TPSA) is 35.2 Å². The Labute approximate surface area is 98.6 Å². The van der Waals surface area contributed by atoms with Crippen molar-refractivity contribution in [1.29, 1.82) is 0 Å². The van der Waals surface area contributed by atoms with Gasteiger partial charge in [0.15, 0.2) is 6.10 Å². The highest BCUT2D eigenvalue weighted by Gasteiger charge is 2.41. The molecule has 0 aliphatic carbocycles. The lowest BCUT2D eigenvalue weighted by Crippen LogP contribution is -2.36. The van der Waals surface area contributed by atoms with E-state index in [1.807, 2.05) is 6.07 Å². The molecule has 0 saturated carbocycles. The van der Waals surface area contributed by atoms with Crippen molar-refractivity contribution in [2.24, 2.45) is 5.73 Å². The fourth-order valence-corrected chi connectivity index (χ4v) is 1.43. The number of rotatable bonds is 4. The standard InChI is InChI=1S/C12H16F3NO/c1-8-3-4-9(2)10(7-8)17-11(5-6-16)12(13,14)15/h3-4,7,11H,5-6,16H2,1-2H3. The highest BCUT2D eigenvalue weighted by Crippen LogP contribution is 2.29. The van der Waals surface area contributed by atoms with Gasteiger partial charge in [-0.1, -0.05) is 12.1 Å². The highest BCUT2D eigenvalue weighted by atomic mass is 19.4. The number of benzene rings is 1. The van der Waals surface area contributed by atoms with Crippen LogP contribution in [0.3, 0.4) is 0 Å². The number of alkyl halides is 3. The van der Waals surface area contributed by atoms with Crippen LogP contribution in [0.1, 0.15) is 17.5 Å². The molecule has 1 aromatic rings. The van der Waals surface area contributed by atoms with Gasteiger partial charge in [-0.25, -0.2) is 0 Å². The molecule has 0 aliphatic heterocycles. The zero-order valence-electron chi connectivity index (χ0n) is 9.84. The van der Waals surface area contributed by atoms with Crippen molar-refractivity contribution in [3.63, 3.8) is 0 Å². The van der Waals surface area contributed by atoms with E-state index in [1.165, 1.54) is 0 Å². The number of ether oxygens (including phenoxy) is 1. The summed E-state index contributed by atoms with van der Waals surface area (Å²) in [5.41, 5.74) is 6.71. The summed E-state index contributed by atoms with van der Waals surface area (Å²) in [4.78, 5) is 0. The van der Waals surface area contributed by atoms with Crippen LogP contribution in [0, 0.1) is 13.8 Å². The lowest BCUT2D eigenvalue weighted by molar-refractivity contribution is -0.196. The summed E-state index contributed by atoms with van der Waals surface area (Å²) in [5.74, 6) is 0.265. The van der Waals surface area contributed by atoms with Gasteiger partial charge in [-0.15, -0.1) is 0 Å². The van der Waals surface area contributed by atoms with Crippen LogP contribution < -0.4 is 10.5 Å². The smallest absolute Gasteiger partial charge is 0.425 e. The third-order valence-electron chi connectivity index (χ3n) is 2.41. The second-order valence-electron chi connectivity index (χ2n) is 3.99. The van der Waals surface area contributed by atoms with Crippen LogP contribution in [0.15, 0.2) is 18.2 Å². The van der Waals surface area contributed by atoms with Crippen LogP contribution in [0.2, 0.25) is 0 Å². The predicted molar refractivity (Wildman–Crippen MR) is 60.1 cm³/mol. The first-order valence-corrected chi connectivity index (χ1v) is 5.35. The van der Waals surface area contributed by atoms with Gasteiger partial charge in [0.2, 0.25) is 0 Å². The third-order valence-corrected chi connectivity index (χ3v) is 2.41. The predicted octanol–water partition coefficient (Wildman–Crippen LogP) is 2.96. The van der Waals surface area contributed by atoms with Crippen LogP contribution in [0.4, 0.5) is 13.2 Å². The molecule has 0 aliphatic rings. The van der Waals surface area contributed by atoms with Gasteiger partial charge in [0, 0.05) is 6.42 Å². The molecule has 2 nitrogen and oxygen atoms in total. The van der Waals surface area contributed by atoms with E-state index in [2.05, 4.69) is 0 Å². The molecule has 96 valence electrons. The third kappa shape index (κ3) is 3.93. The average Bonchev–Trinajstić information content (AvgIpc) is 2.21. The van der Waals surface area contributed by atoms with Crippen LogP contribution >= 0.6 is 0 Å². The van der Waals surface area contributed by atoms with E-state index in [1.54, 1.807) is 26.0 Å². The molecule has 17 heavy (non-hydrogen) atoms. The van der Waals surface area contributed by atoms with E-state index in [0.717, 1.165) is 5.56 Å². The summed E-state index contributed by atoms with van der Waals surface area (Å²) in [6.45, 7) is 3.46. The first-order valence-electron chi connectivity index (χ1n) is 5.35. The zero-order valence-corrected chi connectivity index (χ0v) is 9.84. The maximum Gasteiger partial charge on any atom is 0.425 e. The number of nitrogens with two attached hydrogens (primary N) is 1. The molecule has 0 aromatic heterocycles. The molecule has 5 heteroatoms. The van der Waals surface area contributed by atoms with Gasteiger partial charge in [0.1, 0.15) is 5.75 Å². The van der Waals surface area contributed by atoms with Gasteiger partial charge in [0.05, 0.1) is 0 Å². The molecule has 1 atom stereocenters. The number of halogens is 3. The minimum Gasteiger partial charge on any atom is -0.481 e. The fraction of sp³-hybridized carbons (Fsp3) is 0.500. The van der Waals surface area contributed by atoms with Gasteiger partial charge in [-0.2, -0.15) is 13.2 Å². The van der Waals surface area contributed by atoms with Gasteiger partial charge < -0.3 is 10.5 Å². The molecule has 0 amide bonds. The van der Waals surface area contributed by atoms with Crippen molar-refractivity contribution in [1.82, 2.24) is 0 Å². The Morgan fingerprint density at radius 1 is 1.29 bits per heavy atom. The second kappa shape index (κ2) is 5.40.